The Morgan fingerprint density at radius 3 is 1.48 bits per heavy atom. The number of pyridine rings is 1. The molecule has 4 nitrogen and oxygen atoms in total. The zero-order valence-electron chi connectivity index (χ0n) is 31.8. The molecule has 276 valence electrons. The lowest BCUT2D eigenvalue weighted by Gasteiger charge is -2.26. The summed E-state index contributed by atoms with van der Waals surface area (Å²) in [5.41, 5.74) is 10.2. The molecule has 2 heterocycles. The van der Waals surface area contributed by atoms with Crippen molar-refractivity contribution in [3.8, 4) is 0 Å². The van der Waals surface area contributed by atoms with E-state index in [0.717, 1.165) is 63.7 Å². The second kappa shape index (κ2) is 21.2. The molecule has 0 saturated carbocycles. The van der Waals surface area contributed by atoms with Crippen LogP contribution in [-0.4, -0.2) is 48.5 Å². The molecular formula is C48H54N4S2+2. The van der Waals surface area contributed by atoms with Crippen molar-refractivity contribution in [3.63, 3.8) is 0 Å². The fourth-order valence-electron chi connectivity index (χ4n) is 6.43. The minimum absolute atomic E-state index is 0.895. The predicted molar refractivity (Wildman–Crippen MR) is 237 cm³/mol. The largest absolute Gasteiger partial charge is 0.366 e. The summed E-state index contributed by atoms with van der Waals surface area (Å²) in [6, 6.07) is 44.1. The molecule has 6 rings (SSSR count). The van der Waals surface area contributed by atoms with E-state index in [1.54, 1.807) is 0 Å². The molecule has 5 aromatic rings. The lowest BCUT2D eigenvalue weighted by atomic mass is 10.1. The van der Waals surface area contributed by atoms with Crippen LogP contribution in [0, 0.1) is 0 Å². The van der Waals surface area contributed by atoms with E-state index in [1.807, 2.05) is 21.6 Å². The molecule has 1 aliphatic rings. The van der Waals surface area contributed by atoms with Crippen molar-refractivity contribution in [1.29, 1.82) is 0 Å². The second-order valence-electron chi connectivity index (χ2n) is 13.5. The van der Waals surface area contributed by atoms with Gasteiger partial charge in [0, 0.05) is 73.7 Å². The zero-order valence-corrected chi connectivity index (χ0v) is 33.5. The fourth-order valence-corrected chi connectivity index (χ4v) is 8.41. The van der Waals surface area contributed by atoms with Gasteiger partial charge in [0.05, 0.1) is 0 Å². The number of hydrogen-bond acceptors (Lipinski definition) is 4. The Morgan fingerprint density at radius 2 is 1.04 bits per heavy atom. The summed E-state index contributed by atoms with van der Waals surface area (Å²) >= 11 is 0. The normalized spacial score (nSPS) is 12.9. The number of benzene rings is 4. The van der Waals surface area contributed by atoms with Crippen molar-refractivity contribution in [2.75, 3.05) is 47.5 Å². The number of aromatic nitrogens is 1. The third-order valence-corrected chi connectivity index (χ3v) is 12.1. The SMILES string of the molecule is CC[N+]1=CC=C(/C=C/c2ccc(N(CCSSCCN(Cc3ccccc3)c3ccc(/C=C/c4cc[n+](CC)cc4)cc3)Cc3ccccc3)cc2)CC1. The van der Waals surface area contributed by atoms with Crippen LogP contribution in [0.3, 0.4) is 0 Å². The molecular weight excluding hydrogens is 697 g/mol. The molecule has 0 bridgehead atoms. The Hall–Kier alpha value is -4.78. The first kappa shape index (κ1) is 38.9. The number of nitrogens with zero attached hydrogens (tertiary/aromatic N) is 4. The van der Waals surface area contributed by atoms with Gasteiger partial charge in [-0.25, -0.2) is 9.14 Å². The standard InChI is InChI=1S/C48H54N4S2/c1-3-49-31-27-43(28-32-49)17-15-41-19-23-47(24-20-41)51(39-45-11-7-5-8-12-45)35-37-53-54-38-36-52(40-46-13-9-6-10-14-46)48-25-21-42(22-26-48)16-18-44-29-33-50(4-2)34-30-44/h5-29,31-33H,3-4,30,34-40H2,1-2H3/q+2. The molecule has 54 heavy (non-hydrogen) atoms. The van der Waals surface area contributed by atoms with Crippen molar-refractivity contribution >= 4 is 57.4 Å². The Bertz CT molecular complexity index is 1970. The molecule has 0 atom stereocenters. The monoisotopic (exact) mass is 750 g/mol. The van der Waals surface area contributed by atoms with E-state index in [2.05, 4.69) is 203 Å². The molecule has 0 fully saturated rings. The van der Waals surface area contributed by atoms with E-state index >= 15 is 0 Å². The maximum absolute atomic E-state index is 2.52. The molecule has 0 radical (unpaired) electrons. The van der Waals surface area contributed by atoms with Gasteiger partial charge < -0.3 is 9.80 Å². The van der Waals surface area contributed by atoms with E-state index < -0.39 is 0 Å². The Morgan fingerprint density at radius 1 is 0.556 bits per heavy atom. The average Bonchev–Trinajstić information content (AvgIpc) is 3.24. The van der Waals surface area contributed by atoms with E-state index in [-0.39, 0.29) is 0 Å². The van der Waals surface area contributed by atoms with Crippen LogP contribution in [0.2, 0.25) is 0 Å². The lowest BCUT2D eigenvalue weighted by molar-refractivity contribution is -0.693. The van der Waals surface area contributed by atoms with Gasteiger partial charge in [-0.15, -0.1) is 0 Å². The van der Waals surface area contributed by atoms with Crippen LogP contribution in [-0.2, 0) is 19.6 Å². The second-order valence-corrected chi connectivity index (χ2v) is 16.2. The number of hydrogen-bond donors (Lipinski definition) is 0. The highest BCUT2D eigenvalue weighted by Crippen LogP contribution is 2.26. The average molecular weight is 751 g/mol. The first-order chi connectivity index (χ1) is 26.6. The van der Waals surface area contributed by atoms with Gasteiger partial charge in [-0.3, -0.25) is 0 Å². The molecule has 0 aliphatic carbocycles. The number of aryl methyl sites for hydroxylation is 1. The van der Waals surface area contributed by atoms with Crippen LogP contribution in [0.4, 0.5) is 11.4 Å². The summed E-state index contributed by atoms with van der Waals surface area (Å²) in [4.78, 5) is 5.03. The number of rotatable bonds is 19. The van der Waals surface area contributed by atoms with Gasteiger partial charge in [0.2, 0.25) is 0 Å². The van der Waals surface area contributed by atoms with Crippen LogP contribution >= 0.6 is 21.6 Å². The number of allylic oxidation sites excluding steroid dienone is 2. The van der Waals surface area contributed by atoms with Gasteiger partial charge in [-0.1, -0.05) is 131 Å². The van der Waals surface area contributed by atoms with Crippen molar-refractivity contribution in [3.05, 3.63) is 179 Å². The van der Waals surface area contributed by atoms with Crippen LogP contribution in [0.15, 0.2) is 151 Å². The third-order valence-electron chi connectivity index (χ3n) is 9.75. The van der Waals surface area contributed by atoms with Crippen LogP contribution in [0.1, 0.15) is 48.1 Å². The molecule has 0 spiro atoms. The highest BCUT2D eigenvalue weighted by atomic mass is 33.1. The summed E-state index contributed by atoms with van der Waals surface area (Å²) in [7, 11) is 3.96. The van der Waals surface area contributed by atoms with E-state index in [9.17, 15) is 0 Å². The van der Waals surface area contributed by atoms with Crippen molar-refractivity contribution in [1.82, 2.24) is 0 Å². The summed E-state index contributed by atoms with van der Waals surface area (Å²) in [6.07, 6.45) is 18.7. The van der Waals surface area contributed by atoms with Crippen LogP contribution < -0.4 is 14.4 Å². The van der Waals surface area contributed by atoms with Crippen molar-refractivity contribution < 1.29 is 9.14 Å². The molecule has 4 aromatic carbocycles. The van der Waals surface area contributed by atoms with Crippen molar-refractivity contribution in [2.45, 2.75) is 39.9 Å². The summed E-state index contributed by atoms with van der Waals surface area (Å²) < 4.78 is 4.54. The topological polar surface area (TPSA) is 13.4 Å². The van der Waals surface area contributed by atoms with Crippen LogP contribution in [0.25, 0.3) is 18.2 Å². The molecule has 0 unspecified atom stereocenters. The minimum atomic E-state index is 0.895. The van der Waals surface area contributed by atoms with Crippen molar-refractivity contribution in [2.24, 2.45) is 0 Å². The van der Waals surface area contributed by atoms with Gasteiger partial charge in [-0.2, -0.15) is 0 Å². The Labute approximate surface area is 331 Å². The first-order valence-corrected chi connectivity index (χ1v) is 21.8. The molecule has 0 saturated heterocycles. The first-order valence-electron chi connectivity index (χ1n) is 19.3. The highest BCUT2D eigenvalue weighted by molar-refractivity contribution is 8.76. The molecule has 1 aromatic heterocycles. The molecule has 1 aliphatic heterocycles. The maximum Gasteiger partial charge on any atom is 0.169 e. The van der Waals surface area contributed by atoms with Gasteiger partial charge in [0.15, 0.2) is 18.6 Å². The number of anilines is 2. The van der Waals surface area contributed by atoms with Gasteiger partial charge >= 0.3 is 0 Å². The van der Waals surface area contributed by atoms with E-state index in [4.69, 9.17) is 0 Å². The Balaban J connectivity index is 1.03. The van der Waals surface area contributed by atoms with Gasteiger partial charge in [0.25, 0.3) is 0 Å². The minimum Gasteiger partial charge on any atom is -0.366 e. The molecule has 6 heteroatoms. The van der Waals surface area contributed by atoms with Gasteiger partial charge in [0.1, 0.15) is 19.6 Å². The predicted octanol–water partition coefficient (Wildman–Crippen LogP) is 10.7. The summed E-state index contributed by atoms with van der Waals surface area (Å²) in [5.74, 6) is 2.10. The van der Waals surface area contributed by atoms with Gasteiger partial charge in [-0.05, 0) is 71.5 Å². The molecule has 0 amide bonds. The van der Waals surface area contributed by atoms with Crippen LogP contribution in [0.5, 0.6) is 0 Å². The zero-order chi connectivity index (χ0) is 37.2. The fraction of sp³-hybridized carbons (Fsp3) is 0.250. The van der Waals surface area contributed by atoms with E-state index in [1.165, 1.54) is 44.8 Å². The molecule has 0 N–H and O–H groups in total. The maximum atomic E-state index is 2.52. The summed E-state index contributed by atoms with van der Waals surface area (Å²) in [6.45, 7) is 11.3. The summed E-state index contributed by atoms with van der Waals surface area (Å²) in [5, 5.41) is 0. The third kappa shape index (κ3) is 12.4. The quantitative estimate of drug-likeness (QED) is 0.0473. The lowest BCUT2D eigenvalue weighted by Crippen LogP contribution is -2.30. The Kier molecular flexibility index (Phi) is 15.3. The van der Waals surface area contributed by atoms with E-state index in [0.29, 0.717) is 0 Å². The highest BCUT2D eigenvalue weighted by Gasteiger charge is 2.11. The smallest absolute Gasteiger partial charge is 0.169 e.